The summed E-state index contributed by atoms with van der Waals surface area (Å²) in [6.07, 6.45) is -2.95. The number of unbranched alkanes of at least 4 members (excludes halogenated alkanes) is 1. The van der Waals surface area contributed by atoms with Crippen LogP contribution in [0.25, 0.3) is 11.1 Å². The molecule has 0 heterocycles. The fourth-order valence-corrected chi connectivity index (χ4v) is 4.60. The number of hydrogen-bond acceptors (Lipinski definition) is 5. The van der Waals surface area contributed by atoms with Gasteiger partial charge in [0.1, 0.15) is 13.2 Å². The van der Waals surface area contributed by atoms with Crippen LogP contribution in [0.1, 0.15) is 47.4 Å². The number of halogens is 3. The van der Waals surface area contributed by atoms with Gasteiger partial charge in [-0.2, -0.15) is 13.2 Å². The minimum atomic E-state index is -4.41. The number of ether oxygens (including phenoxy) is 2. The highest BCUT2D eigenvalue weighted by atomic mass is 19.4. The minimum absolute atomic E-state index is 0.0339. The molecule has 0 atom stereocenters. The molecule has 0 saturated carbocycles. The fraction of sp³-hybridized carbons (Fsp3) is 0.333. The molecule has 1 N–H and O–H groups in total. The Morgan fingerprint density at radius 2 is 1.54 bits per heavy atom. The highest BCUT2D eigenvalue weighted by Crippen LogP contribution is 2.44. The largest absolute Gasteiger partial charge is 0.449 e. The van der Waals surface area contributed by atoms with Gasteiger partial charge in [-0.1, -0.05) is 65.8 Å². The molecule has 1 amide bonds. The lowest BCUT2D eigenvalue weighted by Gasteiger charge is -2.14. The van der Waals surface area contributed by atoms with Gasteiger partial charge in [0.2, 0.25) is 0 Å². The number of carbonyl (C=O) groups is 1. The van der Waals surface area contributed by atoms with Crippen LogP contribution in [0.3, 0.4) is 0 Å². The molecule has 1 aliphatic carbocycles. The first-order valence-corrected chi connectivity index (χ1v) is 12.8. The quantitative estimate of drug-likeness (QED) is 0.156. The van der Waals surface area contributed by atoms with Crippen LogP contribution in [0, 0.1) is 0 Å². The zero-order valence-electron chi connectivity index (χ0n) is 21.7. The molecular formula is C30H31F3N2O4. The summed E-state index contributed by atoms with van der Waals surface area (Å²) in [5, 5.41) is 6.80. The normalized spacial score (nSPS) is 13.1. The number of alkyl halides is 3. The average Bonchev–Trinajstić information content (AvgIpc) is 3.26. The molecule has 0 unspecified atom stereocenters. The lowest BCUT2D eigenvalue weighted by Crippen LogP contribution is -2.29. The van der Waals surface area contributed by atoms with Crippen molar-refractivity contribution in [2.45, 2.75) is 31.4 Å². The molecule has 3 aromatic rings. The molecule has 206 valence electrons. The van der Waals surface area contributed by atoms with E-state index in [0.717, 1.165) is 47.2 Å². The molecule has 0 bridgehead atoms. The van der Waals surface area contributed by atoms with E-state index in [9.17, 15) is 18.0 Å². The Balaban J connectivity index is 1.27. The maximum Gasteiger partial charge on any atom is 0.416 e. The first-order valence-electron chi connectivity index (χ1n) is 12.8. The smallest absolute Gasteiger partial charge is 0.416 e. The number of alkyl carbamates (subject to hydrolysis) is 1. The van der Waals surface area contributed by atoms with Crippen LogP contribution < -0.4 is 5.32 Å². The Labute approximate surface area is 225 Å². The molecule has 0 aliphatic heterocycles. The average molecular weight is 541 g/mol. The minimum Gasteiger partial charge on any atom is -0.449 e. The molecule has 6 nitrogen and oxygen atoms in total. The van der Waals surface area contributed by atoms with E-state index in [1.54, 1.807) is 7.11 Å². The summed E-state index contributed by atoms with van der Waals surface area (Å²) in [4.78, 5) is 17.7. The van der Waals surface area contributed by atoms with Crippen LogP contribution in [0.5, 0.6) is 0 Å². The van der Waals surface area contributed by atoms with Gasteiger partial charge in [0.25, 0.3) is 0 Å². The van der Waals surface area contributed by atoms with Gasteiger partial charge in [-0.3, -0.25) is 0 Å². The number of hydrogen-bond donors (Lipinski definition) is 1. The first-order chi connectivity index (χ1) is 18.9. The van der Waals surface area contributed by atoms with Gasteiger partial charge >= 0.3 is 12.3 Å². The second-order valence-corrected chi connectivity index (χ2v) is 9.15. The van der Waals surface area contributed by atoms with Gasteiger partial charge in [0.15, 0.2) is 0 Å². The van der Waals surface area contributed by atoms with E-state index in [1.165, 1.54) is 12.1 Å². The zero-order valence-corrected chi connectivity index (χ0v) is 21.7. The van der Waals surface area contributed by atoms with E-state index in [-0.39, 0.29) is 25.7 Å². The van der Waals surface area contributed by atoms with Crippen molar-refractivity contribution in [2.24, 2.45) is 5.16 Å². The van der Waals surface area contributed by atoms with Crippen molar-refractivity contribution in [3.8, 4) is 11.1 Å². The van der Waals surface area contributed by atoms with Crippen molar-refractivity contribution in [1.82, 2.24) is 5.32 Å². The molecule has 0 fully saturated rings. The molecule has 0 radical (unpaired) electrons. The van der Waals surface area contributed by atoms with E-state index >= 15 is 0 Å². The van der Waals surface area contributed by atoms with Crippen LogP contribution in [-0.2, 0) is 20.5 Å². The van der Waals surface area contributed by atoms with Gasteiger partial charge in [-0.05, 0) is 59.2 Å². The monoisotopic (exact) mass is 540 g/mol. The molecule has 0 aromatic heterocycles. The third-order valence-electron chi connectivity index (χ3n) is 6.54. The van der Waals surface area contributed by atoms with E-state index < -0.39 is 17.8 Å². The van der Waals surface area contributed by atoms with Gasteiger partial charge in [-0.15, -0.1) is 0 Å². The number of carbonyl (C=O) groups excluding carboxylic acids is 1. The Morgan fingerprint density at radius 1 is 0.897 bits per heavy atom. The van der Waals surface area contributed by atoms with E-state index in [1.807, 2.05) is 24.3 Å². The van der Waals surface area contributed by atoms with E-state index in [0.29, 0.717) is 24.3 Å². The Morgan fingerprint density at radius 3 is 2.15 bits per heavy atom. The molecule has 0 spiro atoms. The Bertz CT molecular complexity index is 1230. The van der Waals surface area contributed by atoms with Gasteiger partial charge in [-0.25, -0.2) is 4.79 Å². The third-order valence-corrected chi connectivity index (χ3v) is 6.54. The summed E-state index contributed by atoms with van der Waals surface area (Å²) < 4.78 is 49.3. The molecule has 3 aromatic carbocycles. The van der Waals surface area contributed by atoms with Crippen molar-refractivity contribution in [3.63, 3.8) is 0 Å². The predicted molar refractivity (Wildman–Crippen MR) is 143 cm³/mol. The number of fused-ring (bicyclic) bond motifs is 3. The number of oxime groups is 1. The topological polar surface area (TPSA) is 69.2 Å². The Hall–Kier alpha value is -3.85. The predicted octanol–water partition coefficient (Wildman–Crippen LogP) is 6.78. The number of rotatable bonds is 12. The molecule has 9 heteroatoms. The second-order valence-electron chi connectivity index (χ2n) is 9.15. The first kappa shape index (κ1) is 28.2. The summed E-state index contributed by atoms with van der Waals surface area (Å²) in [6.45, 7) is 1.01. The molecule has 4 rings (SSSR count). The summed E-state index contributed by atoms with van der Waals surface area (Å²) in [6, 6.07) is 21.0. The summed E-state index contributed by atoms with van der Waals surface area (Å²) in [5.41, 5.74) is 4.92. The lowest BCUT2D eigenvalue weighted by molar-refractivity contribution is -0.137. The number of amides is 1. The number of nitrogens with zero attached hydrogens (tertiary/aromatic N) is 1. The van der Waals surface area contributed by atoms with Crippen LogP contribution in [0.15, 0.2) is 78.0 Å². The van der Waals surface area contributed by atoms with Crippen LogP contribution in [0.4, 0.5) is 18.0 Å². The SMILES string of the molecule is COCCCC/C(=N/OCCNC(=O)OCC1c2ccccc2-c2ccccc21)c1ccc(C(F)(F)F)cc1. The van der Waals surface area contributed by atoms with Gasteiger partial charge < -0.3 is 19.6 Å². The van der Waals surface area contributed by atoms with Crippen molar-refractivity contribution in [3.05, 3.63) is 95.1 Å². The van der Waals surface area contributed by atoms with Crippen molar-refractivity contribution in [2.75, 3.05) is 33.5 Å². The summed E-state index contributed by atoms with van der Waals surface area (Å²) >= 11 is 0. The molecule has 39 heavy (non-hydrogen) atoms. The van der Waals surface area contributed by atoms with E-state index in [2.05, 4.69) is 34.7 Å². The maximum absolute atomic E-state index is 12.9. The fourth-order valence-electron chi connectivity index (χ4n) is 4.60. The molecule has 0 saturated heterocycles. The molecular weight excluding hydrogens is 509 g/mol. The van der Waals surface area contributed by atoms with Crippen molar-refractivity contribution in [1.29, 1.82) is 0 Å². The number of benzene rings is 3. The van der Waals surface area contributed by atoms with E-state index in [4.69, 9.17) is 14.3 Å². The highest BCUT2D eigenvalue weighted by Gasteiger charge is 2.30. The lowest BCUT2D eigenvalue weighted by atomic mass is 9.98. The maximum atomic E-state index is 12.9. The third kappa shape index (κ3) is 7.38. The van der Waals surface area contributed by atoms with Gasteiger partial charge in [0, 0.05) is 19.6 Å². The Kier molecular flexibility index (Phi) is 9.59. The molecule has 1 aliphatic rings. The number of methoxy groups -OCH3 is 1. The second kappa shape index (κ2) is 13.3. The number of nitrogens with one attached hydrogen (secondary N) is 1. The van der Waals surface area contributed by atoms with Crippen LogP contribution in [-0.4, -0.2) is 45.3 Å². The van der Waals surface area contributed by atoms with Crippen LogP contribution >= 0.6 is 0 Å². The van der Waals surface area contributed by atoms with Crippen LogP contribution in [0.2, 0.25) is 0 Å². The zero-order chi connectivity index (χ0) is 27.7. The van der Waals surface area contributed by atoms with Gasteiger partial charge in [0.05, 0.1) is 17.8 Å². The van der Waals surface area contributed by atoms with Crippen molar-refractivity contribution >= 4 is 11.8 Å². The summed E-state index contributed by atoms with van der Waals surface area (Å²) in [5.74, 6) is -0.0339. The summed E-state index contributed by atoms with van der Waals surface area (Å²) in [7, 11) is 1.61. The standard InChI is InChI=1S/C30H31F3N2O4/c1-37-18-7-6-12-28(21-13-15-22(16-14-21)30(31,32)33)35-39-19-17-34-29(36)38-20-27-25-10-4-2-8-23(25)24-9-3-5-11-26(24)27/h2-5,8-11,13-16,27H,6-7,12,17-20H2,1H3,(H,34,36)/b35-28-. The highest BCUT2D eigenvalue weighted by molar-refractivity contribution is 6.00. The van der Waals surface area contributed by atoms with Crippen molar-refractivity contribution < 1.29 is 32.3 Å².